The predicted molar refractivity (Wildman–Crippen MR) is 74.9 cm³/mol. The lowest BCUT2D eigenvalue weighted by Gasteiger charge is -2.05. The molecule has 2 heterocycles. The van der Waals surface area contributed by atoms with Crippen LogP contribution in [-0.4, -0.2) is 32.3 Å². The lowest BCUT2D eigenvalue weighted by Crippen LogP contribution is -2.26. The Hall–Kier alpha value is -1.27. The van der Waals surface area contributed by atoms with Crippen LogP contribution in [0.3, 0.4) is 0 Å². The molecule has 1 amide bonds. The molecule has 0 unspecified atom stereocenters. The fourth-order valence-corrected chi connectivity index (χ4v) is 2.84. The summed E-state index contributed by atoms with van der Waals surface area (Å²) < 4.78 is 1.53. The maximum atomic E-state index is 12.1. The highest BCUT2D eigenvalue weighted by Gasteiger charge is 2.25. The summed E-state index contributed by atoms with van der Waals surface area (Å²) in [5.41, 5.74) is 1.11. The van der Waals surface area contributed by atoms with Crippen molar-refractivity contribution in [1.82, 2.24) is 19.9 Å². The lowest BCUT2D eigenvalue weighted by atomic mass is 10.4. The SMILES string of the molecule is CCSc1cc(Cl)nn2c(C(=O)NC3CC3)cnc12. The Morgan fingerprint density at radius 3 is 3.11 bits per heavy atom. The van der Waals surface area contributed by atoms with E-state index in [1.807, 2.05) is 0 Å². The van der Waals surface area contributed by atoms with Crippen molar-refractivity contribution in [3.05, 3.63) is 23.1 Å². The van der Waals surface area contributed by atoms with Crippen molar-refractivity contribution in [2.75, 3.05) is 5.75 Å². The average molecular weight is 297 g/mol. The number of fused-ring (bicyclic) bond motifs is 1. The fourth-order valence-electron chi connectivity index (χ4n) is 1.82. The van der Waals surface area contributed by atoms with Gasteiger partial charge in [0.2, 0.25) is 0 Å². The zero-order valence-corrected chi connectivity index (χ0v) is 12.0. The molecule has 0 spiro atoms. The highest BCUT2D eigenvalue weighted by Crippen LogP contribution is 2.26. The smallest absolute Gasteiger partial charge is 0.271 e. The van der Waals surface area contributed by atoms with Crippen LogP contribution in [-0.2, 0) is 0 Å². The van der Waals surface area contributed by atoms with Gasteiger partial charge in [0.25, 0.3) is 5.91 Å². The van der Waals surface area contributed by atoms with Crippen LogP contribution < -0.4 is 5.32 Å². The van der Waals surface area contributed by atoms with Crippen molar-refractivity contribution in [2.45, 2.75) is 30.7 Å². The number of amides is 1. The molecule has 5 nitrogen and oxygen atoms in total. The fraction of sp³-hybridized carbons (Fsp3) is 0.417. The van der Waals surface area contributed by atoms with Gasteiger partial charge < -0.3 is 5.32 Å². The molecule has 2 aromatic heterocycles. The van der Waals surface area contributed by atoms with Crippen molar-refractivity contribution < 1.29 is 4.79 Å². The van der Waals surface area contributed by atoms with Crippen molar-refractivity contribution in [3.63, 3.8) is 0 Å². The summed E-state index contributed by atoms with van der Waals surface area (Å²) >= 11 is 7.64. The number of hydrogen-bond donors (Lipinski definition) is 1. The van der Waals surface area contributed by atoms with Crippen LogP contribution in [0.4, 0.5) is 0 Å². The van der Waals surface area contributed by atoms with Gasteiger partial charge in [-0.15, -0.1) is 11.8 Å². The number of carbonyl (C=O) groups excluding carboxylic acids is 1. The molecular weight excluding hydrogens is 284 g/mol. The van der Waals surface area contributed by atoms with Gasteiger partial charge in [0.15, 0.2) is 16.5 Å². The van der Waals surface area contributed by atoms with Crippen molar-refractivity contribution in [1.29, 1.82) is 0 Å². The number of carbonyl (C=O) groups is 1. The second-order valence-corrected chi connectivity index (χ2v) is 6.08. The number of nitrogens with zero attached hydrogens (tertiary/aromatic N) is 3. The molecule has 1 fully saturated rings. The lowest BCUT2D eigenvalue weighted by molar-refractivity contribution is 0.0944. The van der Waals surface area contributed by atoms with Gasteiger partial charge in [-0.25, -0.2) is 9.50 Å². The van der Waals surface area contributed by atoms with E-state index >= 15 is 0 Å². The molecule has 7 heteroatoms. The summed E-state index contributed by atoms with van der Waals surface area (Å²) in [7, 11) is 0. The number of imidazole rings is 1. The van der Waals surface area contributed by atoms with Crippen LogP contribution in [0.15, 0.2) is 17.2 Å². The van der Waals surface area contributed by atoms with Crippen molar-refractivity contribution >= 4 is 34.9 Å². The predicted octanol–water partition coefficient (Wildman–Crippen LogP) is 2.39. The van der Waals surface area contributed by atoms with E-state index < -0.39 is 0 Å². The Morgan fingerprint density at radius 2 is 2.42 bits per heavy atom. The molecule has 19 heavy (non-hydrogen) atoms. The minimum atomic E-state index is -0.141. The summed E-state index contributed by atoms with van der Waals surface area (Å²) in [6.07, 6.45) is 3.65. The second-order valence-electron chi connectivity index (χ2n) is 4.39. The van der Waals surface area contributed by atoms with E-state index in [9.17, 15) is 4.79 Å². The van der Waals surface area contributed by atoms with Crippen LogP contribution in [0.5, 0.6) is 0 Å². The summed E-state index contributed by atoms with van der Waals surface area (Å²) in [5, 5.41) is 7.47. The molecule has 3 rings (SSSR count). The molecule has 0 radical (unpaired) electrons. The van der Waals surface area contributed by atoms with E-state index in [4.69, 9.17) is 11.6 Å². The number of thioether (sulfide) groups is 1. The summed E-state index contributed by atoms with van der Waals surface area (Å²) in [6.45, 7) is 2.05. The van der Waals surface area contributed by atoms with E-state index in [-0.39, 0.29) is 5.91 Å². The topological polar surface area (TPSA) is 59.3 Å². The molecule has 0 saturated heterocycles. The highest BCUT2D eigenvalue weighted by atomic mass is 35.5. The highest BCUT2D eigenvalue weighted by molar-refractivity contribution is 7.99. The first-order valence-electron chi connectivity index (χ1n) is 6.17. The second kappa shape index (κ2) is 5.02. The molecule has 0 atom stereocenters. The largest absolute Gasteiger partial charge is 0.348 e. The number of nitrogens with one attached hydrogen (secondary N) is 1. The summed E-state index contributed by atoms with van der Waals surface area (Å²) in [4.78, 5) is 17.3. The summed E-state index contributed by atoms with van der Waals surface area (Å²) in [5.74, 6) is 0.768. The Kier molecular flexibility index (Phi) is 3.36. The maximum absolute atomic E-state index is 12.1. The zero-order chi connectivity index (χ0) is 13.4. The quantitative estimate of drug-likeness (QED) is 0.880. The molecule has 0 aliphatic heterocycles. The first-order chi connectivity index (χ1) is 9.19. The standard InChI is InChI=1S/C12H13ClN4OS/c1-2-19-9-5-10(13)16-17-8(6-14-11(9)17)12(18)15-7-3-4-7/h5-7H,2-4H2,1H3,(H,15,18). The first kappa shape index (κ1) is 12.7. The zero-order valence-electron chi connectivity index (χ0n) is 10.4. The normalized spacial score (nSPS) is 14.8. The Bertz CT molecular complexity index is 638. The molecule has 2 aromatic rings. The third-order valence-electron chi connectivity index (χ3n) is 2.85. The van der Waals surface area contributed by atoms with Gasteiger partial charge in [0.1, 0.15) is 0 Å². The number of halogens is 1. The van der Waals surface area contributed by atoms with Crippen LogP contribution in [0.25, 0.3) is 5.65 Å². The molecular formula is C12H13ClN4OS. The minimum absolute atomic E-state index is 0.141. The third-order valence-corrected chi connectivity index (χ3v) is 3.93. The Labute approximate surface area is 119 Å². The van der Waals surface area contributed by atoms with Gasteiger partial charge in [-0.2, -0.15) is 5.10 Å². The molecule has 0 bridgehead atoms. The molecule has 1 saturated carbocycles. The van der Waals surface area contributed by atoms with E-state index in [1.165, 1.54) is 4.52 Å². The monoisotopic (exact) mass is 296 g/mol. The third kappa shape index (κ3) is 2.55. The molecule has 0 aromatic carbocycles. The van der Waals surface area contributed by atoms with Crippen LogP contribution in [0.1, 0.15) is 30.3 Å². The molecule has 100 valence electrons. The van der Waals surface area contributed by atoms with Crippen molar-refractivity contribution in [3.8, 4) is 0 Å². The van der Waals surface area contributed by atoms with Gasteiger partial charge in [-0.1, -0.05) is 18.5 Å². The average Bonchev–Trinajstić information content (AvgIpc) is 3.06. The molecule has 1 aliphatic rings. The van der Waals surface area contributed by atoms with Gasteiger partial charge >= 0.3 is 0 Å². The summed E-state index contributed by atoms with van der Waals surface area (Å²) in [6, 6.07) is 2.09. The molecule has 1 aliphatic carbocycles. The van der Waals surface area contributed by atoms with Gasteiger partial charge in [0, 0.05) is 6.04 Å². The van der Waals surface area contributed by atoms with Crippen LogP contribution in [0.2, 0.25) is 5.15 Å². The first-order valence-corrected chi connectivity index (χ1v) is 7.53. The van der Waals surface area contributed by atoms with E-state index in [0.29, 0.717) is 22.5 Å². The maximum Gasteiger partial charge on any atom is 0.271 e. The van der Waals surface area contributed by atoms with Gasteiger partial charge in [-0.3, -0.25) is 4.79 Å². The van der Waals surface area contributed by atoms with Crippen LogP contribution >= 0.6 is 23.4 Å². The minimum Gasteiger partial charge on any atom is -0.348 e. The Morgan fingerprint density at radius 1 is 1.63 bits per heavy atom. The van der Waals surface area contributed by atoms with Crippen molar-refractivity contribution in [2.24, 2.45) is 0 Å². The van der Waals surface area contributed by atoms with Crippen LogP contribution in [0, 0.1) is 0 Å². The van der Waals surface area contributed by atoms with Gasteiger partial charge in [-0.05, 0) is 24.7 Å². The van der Waals surface area contributed by atoms with E-state index in [1.54, 1.807) is 24.0 Å². The van der Waals surface area contributed by atoms with E-state index in [0.717, 1.165) is 23.5 Å². The number of aromatic nitrogens is 3. The number of rotatable bonds is 4. The number of hydrogen-bond acceptors (Lipinski definition) is 4. The Balaban J connectivity index is 2.03. The van der Waals surface area contributed by atoms with Gasteiger partial charge in [0.05, 0.1) is 11.1 Å². The van der Waals surface area contributed by atoms with E-state index in [2.05, 4.69) is 22.3 Å². The molecule has 1 N–H and O–H groups in total.